The van der Waals surface area contributed by atoms with Crippen molar-refractivity contribution in [3.05, 3.63) is 163 Å². The van der Waals surface area contributed by atoms with Crippen LogP contribution in [0.25, 0.3) is 62.7 Å². The molecular formula is C45H31NSe. The van der Waals surface area contributed by atoms with Gasteiger partial charge in [-0.3, -0.25) is 0 Å². The molecule has 1 heterocycles. The van der Waals surface area contributed by atoms with Gasteiger partial charge in [0.15, 0.2) is 0 Å². The molecule has 1 nitrogen and oxygen atoms in total. The molecule has 0 fully saturated rings. The zero-order valence-corrected chi connectivity index (χ0v) is 28.0. The van der Waals surface area contributed by atoms with Gasteiger partial charge < -0.3 is 0 Å². The normalized spacial score (nSPS) is 13.5. The molecule has 2 heteroatoms. The predicted molar refractivity (Wildman–Crippen MR) is 203 cm³/mol. The van der Waals surface area contributed by atoms with E-state index in [1.54, 1.807) is 0 Å². The molecule has 222 valence electrons. The molecule has 0 aliphatic heterocycles. The van der Waals surface area contributed by atoms with Gasteiger partial charge in [-0.1, -0.05) is 0 Å². The fourth-order valence-corrected chi connectivity index (χ4v) is 10.7. The van der Waals surface area contributed by atoms with Crippen molar-refractivity contribution in [3.8, 4) is 11.1 Å². The van der Waals surface area contributed by atoms with E-state index < -0.39 is 0 Å². The quantitative estimate of drug-likeness (QED) is 0.134. The van der Waals surface area contributed by atoms with Crippen molar-refractivity contribution in [1.82, 2.24) is 0 Å². The van der Waals surface area contributed by atoms with Gasteiger partial charge >= 0.3 is 281 Å². The van der Waals surface area contributed by atoms with E-state index in [9.17, 15) is 0 Å². The van der Waals surface area contributed by atoms with Gasteiger partial charge in [-0.05, 0) is 0 Å². The second kappa shape index (κ2) is 9.93. The Labute approximate surface area is 280 Å². The van der Waals surface area contributed by atoms with E-state index in [0.29, 0.717) is 0 Å². The summed E-state index contributed by atoms with van der Waals surface area (Å²) in [6.07, 6.45) is 0. The van der Waals surface area contributed by atoms with Gasteiger partial charge in [0.25, 0.3) is 0 Å². The maximum atomic E-state index is 2.46. The summed E-state index contributed by atoms with van der Waals surface area (Å²) in [4.78, 5) is 2.46. The summed E-state index contributed by atoms with van der Waals surface area (Å²) in [5.41, 5.74) is 8.99. The van der Waals surface area contributed by atoms with E-state index in [-0.39, 0.29) is 19.9 Å². The Bertz CT molecular complexity index is 2730. The molecule has 0 saturated heterocycles. The second-order valence-corrected chi connectivity index (χ2v) is 15.6. The molecule has 8 aromatic carbocycles. The van der Waals surface area contributed by atoms with Gasteiger partial charge in [-0.15, -0.1) is 0 Å². The van der Waals surface area contributed by atoms with Gasteiger partial charge in [0, 0.05) is 0 Å². The van der Waals surface area contributed by atoms with E-state index in [1.807, 2.05) is 0 Å². The van der Waals surface area contributed by atoms with Crippen molar-refractivity contribution in [2.45, 2.75) is 19.3 Å². The Morgan fingerprint density at radius 1 is 0.447 bits per heavy atom. The molecule has 0 atom stereocenters. The molecule has 47 heavy (non-hydrogen) atoms. The summed E-state index contributed by atoms with van der Waals surface area (Å²) < 4.78 is 2.97. The first kappa shape index (κ1) is 27.0. The van der Waals surface area contributed by atoms with E-state index in [4.69, 9.17) is 0 Å². The second-order valence-electron chi connectivity index (χ2n) is 13.4. The first-order chi connectivity index (χ1) is 23.0. The van der Waals surface area contributed by atoms with E-state index in [0.717, 1.165) is 0 Å². The van der Waals surface area contributed by atoms with E-state index >= 15 is 0 Å². The van der Waals surface area contributed by atoms with Crippen LogP contribution in [-0.4, -0.2) is 14.5 Å². The van der Waals surface area contributed by atoms with Crippen LogP contribution in [0.2, 0.25) is 0 Å². The molecule has 0 unspecified atom stereocenters. The Balaban J connectivity index is 1.22. The molecular weight excluding hydrogens is 633 g/mol. The molecule has 10 rings (SSSR count). The zero-order valence-electron chi connectivity index (χ0n) is 26.3. The van der Waals surface area contributed by atoms with Crippen LogP contribution in [0.3, 0.4) is 0 Å². The topological polar surface area (TPSA) is 3.24 Å². The first-order valence-electron chi connectivity index (χ1n) is 16.3. The van der Waals surface area contributed by atoms with Crippen LogP contribution >= 0.6 is 0 Å². The fraction of sp³-hybridized carbons (Fsp3) is 0.0667. The maximum absolute atomic E-state index is 2.46. The predicted octanol–water partition coefficient (Wildman–Crippen LogP) is 12.3. The first-order valence-corrected chi connectivity index (χ1v) is 18.1. The zero-order chi connectivity index (χ0) is 31.3. The Morgan fingerprint density at radius 2 is 1.09 bits per heavy atom. The third-order valence-corrected chi connectivity index (χ3v) is 12.9. The van der Waals surface area contributed by atoms with Gasteiger partial charge in [-0.2, -0.15) is 0 Å². The third-order valence-electron chi connectivity index (χ3n) is 10.4. The number of benzene rings is 8. The molecule has 0 spiro atoms. The SMILES string of the molecule is CC1(C)c2ccccc2-c2cc(N(c3ccc4ccccc4c3)c3ccc4[se]c5c(ccc6ccc7ccccc7c65)c4c3)ccc21. The van der Waals surface area contributed by atoms with E-state index in [1.165, 1.54) is 90.9 Å². The van der Waals surface area contributed by atoms with Crippen LogP contribution in [0.15, 0.2) is 152 Å². The molecule has 1 aliphatic rings. The van der Waals surface area contributed by atoms with Crippen molar-refractivity contribution in [2.75, 3.05) is 4.90 Å². The van der Waals surface area contributed by atoms with Gasteiger partial charge in [0.1, 0.15) is 0 Å². The van der Waals surface area contributed by atoms with Crippen molar-refractivity contribution in [3.63, 3.8) is 0 Å². The van der Waals surface area contributed by atoms with Crippen molar-refractivity contribution in [2.24, 2.45) is 0 Å². The number of rotatable bonds is 3. The number of hydrogen-bond donors (Lipinski definition) is 0. The van der Waals surface area contributed by atoms with Crippen LogP contribution < -0.4 is 4.90 Å². The summed E-state index contributed by atoms with van der Waals surface area (Å²) in [5, 5.41) is 10.7. The summed E-state index contributed by atoms with van der Waals surface area (Å²) in [7, 11) is 0. The molecule has 9 aromatic rings. The number of nitrogens with zero attached hydrogens (tertiary/aromatic N) is 1. The number of fused-ring (bicyclic) bond motifs is 11. The Hall–Kier alpha value is -5.14. The van der Waals surface area contributed by atoms with Crippen molar-refractivity contribution >= 4 is 83.2 Å². The Morgan fingerprint density at radius 3 is 2.00 bits per heavy atom. The molecule has 0 radical (unpaired) electrons. The molecule has 1 aliphatic carbocycles. The summed E-state index contributed by atoms with van der Waals surface area (Å²) in [6.45, 7) is 4.70. The molecule has 0 amide bonds. The van der Waals surface area contributed by atoms with Crippen LogP contribution in [0.5, 0.6) is 0 Å². The van der Waals surface area contributed by atoms with E-state index in [2.05, 4.69) is 170 Å². The monoisotopic (exact) mass is 665 g/mol. The molecule has 0 bridgehead atoms. The minimum absolute atomic E-state index is 0.0233. The molecule has 0 N–H and O–H groups in total. The average Bonchev–Trinajstić information content (AvgIpc) is 3.60. The standard InChI is InChI=1S/C45H31NSe/c1-45(2)40-14-8-7-13-36(40)38-26-33(20-23-41(38)45)46(32-19-17-28-9-3-4-11-31(28)25-32)34-21-24-42-39(27-34)37-22-18-30-16-15-29-10-5-6-12-35(29)43(30)44(37)47-42/h3-27H,1-2H3. The van der Waals surface area contributed by atoms with Gasteiger partial charge in [0.2, 0.25) is 0 Å². The third kappa shape index (κ3) is 3.96. The Kier molecular flexibility index (Phi) is 5.71. The minimum atomic E-state index is -0.0233. The van der Waals surface area contributed by atoms with Gasteiger partial charge in [0.05, 0.1) is 0 Å². The van der Waals surface area contributed by atoms with Crippen LogP contribution in [0, 0.1) is 0 Å². The fourth-order valence-electron chi connectivity index (χ4n) is 8.06. The number of anilines is 3. The number of hydrogen-bond acceptors (Lipinski definition) is 1. The van der Waals surface area contributed by atoms with Crippen molar-refractivity contribution in [1.29, 1.82) is 0 Å². The molecule has 1 aromatic heterocycles. The summed E-state index contributed by atoms with van der Waals surface area (Å²) >= 11 is 0.240. The van der Waals surface area contributed by atoms with Crippen molar-refractivity contribution < 1.29 is 0 Å². The molecule has 0 saturated carbocycles. The van der Waals surface area contributed by atoms with Crippen LogP contribution in [0.4, 0.5) is 17.1 Å². The van der Waals surface area contributed by atoms with Crippen LogP contribution in [0.1, 0.15) is 25.0 Å². The summed E-state index contributed by atoms with van der Waals surface area (Å²) in [5.74, 6) is 0. The summed E-state index contributed by atoms with van der Waals surface area (Å²) in [6, 6.07) is 56.8. The van der Waals surface area contributed by atoms with Crippen LogP contribution in [-0.2, 0) is 5.41 Å². The average molecular weight is 665 g/mol. The van der Waals surface area contributed by atoms with Gasteiger partial charge in [-0.25, -0.2) is 0 Å².